The number of hydrogen-bond donors (Lipinski definition) is 3. The third-order valence-corrected chi connectivity index (χ3v) is 4.45. The maximum atomic E-state index is 12.5. The van der Waals surface area contributed by atoms with Crippen molar-refractivity contribution < 1.29 is 31.9 Å². The van der Waals surface area contributed by atoms with Gasteiger partial charge in [-0.25, -0.2) is 13.2 Å². The van der Waals surface area contributed by atoms with Gasteiger partial charge in [-0.3, -0.25) is 4.79 Å². The minimum Gasteiger partial charge on any atom is -0.481 e. The van der Waals surface area contributed by atoms with Gasteiger partial charge >= 0.3 is 17.8 Å². The van der Waals surface area contributed by atoms with Crippen LogP contribution in [-0.2, 0) is 14.6 Å². The number of rotatable bonds is 7. The molecule has 24 heavy (non-hydrogen) atoms. The zero-order valence-electron chi connectivity index (χ0n) is 13.0. The van der Waals surface area contributed by atoms with Gasteiger partial charge in [0.05, 0.1) is 4.90 Å². The fraction of sp³-hybridized carbons (Fsp3) is 0.429. The lowest BCUT2D eigenvalue weighted by molar-refractivity contribution is -0.137. The van der Waals surface area contributed by atoms with Gasteiger partial charge < -0.3 is 15.7 Å². The number of carboxylic acid groups (broad SMARTS) is 1. The maximum absolute atomic E-state index is 12.5. The van der Waals surface area contributed by atoms with Gasteiger partial charge in [-0.05, 0) is 38.5 Å². The van der Waals surface area contributed by atoms with Crippen molar-refractivity contribution in [3.8, 4) is 0 Å². The van der Waals surface area contributed by atoms with Crippen LogP contribution in [0.3, 0.4) is 0 Å². The number of aliphatic carboxylic acids is 1. The van der Waals surface area contributed by atoms with Crippen molar-refractivity contribution in [3.63, 3.8) is 0 Å². The second kappa shape index (κ2) is 7.56. The van der Waals surface area contributed by atoms with E-state index in [2.05, 4.69) is 10.6 Å². The van der Waals surface area contributed by atoms with Gasteiger partial charge in [0.15, 0.2) is 0 Å². The lowest BCUT2D eigenvalue weighted by Gasteiger charge is -2.25. The number of sulfone groups is 1. The zero-order chi connectivity index (χ0) is 18.5. The minimum absolute atomic E-state index is 0.0169. The van der Waals surface area contributed by atoms with Crippen molar-refractivity contribution in [1.82, 2.24) is 5.32 Å². The maximum Gasteiger partial charge on any atom is 0.341 e. The van der Waals surface area contributed by atoms with E-state index < -0.39 is 38.0 Å². The molecule has 0 unspecified atom stereocenters. The summed E-state index contributed by atoms with van der Waals surface area (Å²) >= 11 is 0. The van der Waals surface area contributed by atoms with Crippen LogP contribution in [0.2, 0.25) is 0 Å². The molecular formula is C14H18F2N2O5S. The number of nitrogens with one attached hydrogen (secondary N) is 2. The first-order valence-electron chi connectivity index (χ1n) is 6.87. The molecule has 0 radical (unpaired) electrons. The van der Waals surface area contributed by atoms with Crippen molar-refractivity contribution in [2.75, 3.05) is 5.32 Å². The predicted octanol–water partition coefficient (Wildman–Crippen LogP) is 2.45. The number of carbonyl (C=O) groups excluding carboxylic acids is 1. The molecule has 0 atom stereocenters. The Hall–Kier alpha value is -2.23. The first-order valence-corrected chi connectivity index (χ1v) is 8.42. The molecule has 0 bridgehead atoms. The van der Waals surface area contributed by atoms with Crippen LogP contribution in [0.15, 0.2) is 29.2 Å². The first-order chi connectivity index (χ1) is 10.9. The average molecular weight is 364 g/mol. The number of amides is 2. The Morgan fingerprint density at radius 1 is 1.29 bits per heavy atom. The average Bonchev–Trinajstić information content (AvgIpc) is 2.44. The number of carboxylic acids is 1. The highest BCUT2D eigenvalue weighted by atomic mass is 32.2. The van der Waals surface area contributed by atoms with E-state index in [9.17, 15) is 26.8 Å². The third kappa shape index (κ3) is 5.76. The molecule has 1 aromatic carbocycles. The van der Waals surface area contributed by atoms with Gasteiger partial charge in [0.25, 0.3) is 0 Å². The molecule has 7 nitrogen and oxygen atoms in total. The summed E-state index contributed by atoms with van der Waals surface area (Å²) in [6, 6.07) is 3.78. The van der Waals surface area contributed by atoms with Crippen LogP contribution in [-0.4, -0.2) is 36.8 Å². The van der Waals surface area contributed by atoms with E-state index in [1.54, 1.807) is 13.8 Å². The number of anilines is 1. The Balaban J connectivity index is 2.80. The monoisotopic (exact) mass is 364 g/mol. The van der Waals surface area contributed by atoms with E-state index in [1.807, 2.05) is 0 Å². The van der Waals surface area contributed by atoms with Crippen LogP contribution in [0.25, 0.3) is 0 Å². The predicted molar refractivity (Wildman–Crippen MR) is 82.7 cm³/mol. The Labute approximate surface area is 138 Å². The summed E-state index contributed by atoms with van der Waals surface area (Å²) in [6.07, 6.45) is 0.0327. The van der Waals surface area contributed by atoms with Gasteiger partial charge in [-0.15, -0.1) is 0 Å². The van der Waals surface area contributed by atoms with Gasteiger partial charge in [0.1, 0.15) is 0 Å². The Bertz CT molecular complexity index is 720. The fourth-order valence-electron chi connectivity index (χ4n) is 1.81. The summed E-state index contributed by atoms with van der Waals surface area (Å²) in [4.78, 5) is 21.9. The standard InChI is InChI=1S/C14H18F2N2O5S/c1-14(2,7-6-11(19)20)18-13(21)17-9-4-3-5-10(8-9)24(22,23)12(15)16/h3-5,8,12H,6-7H2,1-2H3,(H,19,20)(H2,17,18,21). The highest BCUT2D eigenvalue weighted by Gasteiger charge is 2.27. The first kappa shape index (κ1) is 19.8. The quantitative estimate of drug-likeness (QED) is 0.688. The lowest BCUT2D eigenvalue weighted by Crippen LogP contribution is -2.45. The van der Waals surface area contributed by atoms with Gasteiger partial charge in [-0.1, -0.05) is 6.07 Å². The molecule has 134 valence electrons. The van der Waals surface area contributed by atoms with Crippen molar-refractivity contribution in [1.29, 1.82) is 0 Å². The van der Waals surface area contributed by atoms with Gasteiger partial charge in [0, 0.05) is 17.6 Å². The Morgan fingerprint density at radius 2 is 1.92 bits per heavy atom. The molecule has 0 fully saturated rings. The number of hydrogen-bond acceptors (Lipinski definition) is 4. The van der Waals surface area contributed by atoms with E-state index in [1.165, 1.54) is 12.1 Å². The van der Waals surface area contributed by atoms with Crippen molar-refractivity contribution in [2.45, 2.75) is 42.9 Å². The second-order valence-corrected chi connectivity index (χ2v) is 7.61. The van der Waals surface area contributed by atoms with E-state index in [0.29, 0.717) is 0 Å². The van der Waals surface area contributed by atoms with E-state index in [-0.39, 0.29) is 18.5 Å². The lowest BCUT2D eigenvalue weighted by atomic mass is 9.99. The van der Waals surface area contributed by atoms with Crippen molar-refractivity contribution in [3.05, 3.63) is 24.3 Å². The zero-order valence-corrected chi connectivity index (χ0v) is 13.9. The van der Waals surface area contributed by atoms with Crippen LogP contribution < -0.4 is 10.6 Å². The molecule has 0 aromatic heterocycles. The van der Waals surface area contributed by atoms with Crippen LogP contribution >= 0.6 is 0 Å². The highest BCUT2D eigenvalue weighted by Crippen LogP contribution is 2.21. The summed E-state index contributed by atoms with van der Waals surface area (Å²) < 4.78 is 47.9. The second-order valence-electron chi connectivity index (χ2n) is 5.69. The number of carbonyl (C=O) groups is 2. The SMILES string of the molecule is CC(C)(CCC(=O)O)NC(=O)Nc1cccc(S(=O)(=O)C(F)F)c1. The summed E-state index contributed by atoms with van der Waals surface area (Å²) in [6.45, 7) is 3.24. The molecule has 0 saturated heterocycles. The van der Waals surface area contributed by atoms with Crippen LogP contribution in [0.4, 0.5) is 19.3 Å². The summed E-state index contributed by atoms with van der Waals surface area (Å²) in [5, 5.41) is 13.5. The highest BCUT2D eigenvalue weighted by molar-refractivity contribution is 7.91. The Kier molecular flexibility index (Phi) is 6.24. The number of urea groups is 1. The molecule has 0 aliphatic carbocycles. The number of halogens is 2. The van der Waals surface area contributed by atoms with E-state index >= 15 is 0 Å². The third-order valence-electron chi connectivity index (χ3n) is 3.07. The minimum atomic E-state index is -4.76. The van der Waals surface area contributed by atoms with Crippen molar-refractivity contribution >= 4 is 27.5 Å². The molecule has 1 rings (SSSR count). The van der Waals surface area contributed by atoms with Gasteiger partial charge in [-0.2, -0.15) is 8.78 Å². The smallest absolute Gasteiger partial charge is 0.341 e. The largest absolute Gasteiger partial charge is 0.481 e. The summed E-state index contributed by atoms with van der Waals surface area (Å²) in [7, 11) is -4.76. The number of alkyl halides is 2. The summed E-state index contributed by atoms with van der Waals surface area (Å²) in [5.74, 6) is -4.56. The molecule has 10 heteroatoms. The van der Waals surface area contributed by atoms with E-state index in [4.69, 9.17) is 5.11 Å². The van der Waals surface area contributed by atoms with Crippen molar-refractivity contribution in [2.24, 2.45) is 0 Å². The fourth-order valence-corrected chi connectivity index (χ4v) is 2.57. The molecule has 0 saturated carbocycles. The number of benzene rings is 1. The van der Waals surface area contributed by atoms with Crippen LogP contribution in [0.1, 0.15) is 26.7 Å². The summed E-state index contributed by atoms with van der Waals surface area (Å²) in [5.41, 5.74) is -0.807. The molecule has 0 spiro atoms. The van der Waals surface area contributed by atoms with Gasteiger partial charge in [0.2, 0.25) is 9.84 Å². The molecule has 0 aliphatic heterocycles. The molecule has 0 aliphatic rings. The van der Waals surface area contributed by atoms with E-state index in [0.717, 1.165) is 12.1 Å². The normalized spacial score (nSPS) is 12.0. The Morgan fingerprint density at radius 3 is 2.46 bits per heavy atom. The molecule has 1 aromatic rings. The molecule has 3 N–H and O–H groups in total. The molecule has 2 amide bonds. The van der Waals surface area contributed by atoms with Crippen LogP contribution in [0, 0.1) is 0 Å². The molecule has 0 heterocycles. The molecular weight excluding hydrogens is 346 g/mol. The van der Waals surface area contributed by atoms with Crippen LogP contribution in [0.5, 0.6) is 0 Å². The topological polar surface area (TPSA) is 113 Å².